The summed E-state index contributed by atoms with van der Waals surface area (Å²) in [5.74, 6) is 5.98. The molecule has 106 valence electrons. The average molecular weight is 295 g/mol. The van der Waals surface area contributed by atoms with Gasteiger partial charge in [-0.05, 0) is 47.9 Å². The summed E-state index contributed by atoms with van der Waals surface area (Å²) in [6.07, 6.45) is 0. The second kappa shape index (κ2) is 6.22. The van der Waals surface area contributed by atoms with Crippen LogP contribution in [0.5, 0.6) is 5.75 Å². The number of hydrazine groups is 1. The number of nitrogens with two attached hydrogens (primary N) is 1. The lowest BCUT2D eigenvalue weighted by atomic mass is 9.95. The van der Waals surface area contributed by atoms with Gasteiger partial charge >= 0.3 is 0 Å². The van der Waals surface area contributed by atoms with Gasteiger partial charge in [-0.25, -0.2) is 9.82 Å². The van der Waals surface area contributed by atoms with Crippen LogP contribution in [-0.4, -0.2) is 7.11 Å². The van der Waals surface area contributed by atoms with Crippen LogP contribution in [0, 0.1) is 12.7 Å². The first-order chi connectivity index (χ1) is 9.56. The molecule has 0 radical (unpaired) electrons. The Kier molecular flexibility index (Phi) is 4.60. The van der Waals surface area contributed by atoms with Crippen molar-refractivity contribution in [3.05, 3.63) is 63.9 Å². The predicted octanol–water partition coefficient (Wildman–Crippen LogP) is 3.35. The van der Waals surface area contributed by atoms with Gasteiger partial charge in [0.1, 0.15) is 11.6 Å². The normalized spacial score (nSPS) is 12.2. The number of nitrogens with one attached hydrogen (secondary N) is 1. The number of aryl methyl sites for hydroxylation is 1. The fourth-order valence-corrected chi connectivity index (χ4v) is 2.35. The van der Waals surface area contributed by atoms with Gasteiger partial charge in [0, 0.05) is 0 Å². The van der Waals surface area contributed by atoms with Crippen molar-refractivity contribution in [3.63, 3.8) is 0 Å². The standard InChI is InChI=1S/C15H16ClFN2O/c1-9-7-11(20-2)4-5-12(9)15(19-18)10-3-6-14(17)13(16)8-10/h3-8,15,19H,18H2,1-2H3. The van der Waals surface area contributed by atoms with E-state index in [1.807, 2.05) is 25.1 Å². The van der Waals surface area contributed by atoms with Gasteiger partial charge in [-0.3, -0.25) is 5.84 Å². The number of ether oxygens (including phenoxy) is 1. The van der Waals surface area contributed by atoms with Crippen LogP contribution in [0.1, 0.15) is 22.7 Å². The molecule has 0 saturated carbocycles. The molecule has 5 heteroatoms. The third-order valence-corrected chi connectivity index (χ3v) is 3.52. The molecule has 0 fully saturated rings. The third-order valence-electron chi connectivity index (χ3n) is 3.23. The van der Waals surface area contributed by atoms with Gasteiger partial charge in [-0.15, -0.1) is 0 Å². The fraction of sp³-hybridized carbons (Fsp3) is 0.200. The van der Waals surface area contributed by atoms with Gasteiger partial charge in [0.05, 0.1) is 18.2 Å². The van der Waals surface area contributed by atoms with Crippen LogP contribution in [-0.2, 0) is 0 Å². The van der Waals surface area contributed by atoms with Crippen molar-refractivity contribution in [1.82, 2.24) is 5.43 Å². The largest absolute Gasteiger partial charge is 0.497 e. The molecule has 1 atom stereocenters. The molecule has 3 N–H and O–H groups in total. The second-order valence-electron chi connectivity index (χ2n) is 4.50. The van der Waals surface area contributed by atoms with Crippen LogP contribution in [0.2, 0.25) is 5.02 Å². The molecule has 1 unspecified atom stereocenters. The van der Waals surface area contributed by atoms with Gasteiger partial charge in [0.15, 0.2) is 0 Å². The summed E-state index contributed by atoms with van der Waals surface area (Å²) in [5.41, 5.74) is 5.54. The van der Waals surface area contributed by atoms with Gasteiger partial charge in [-0.2, -0.15) is 0 Å². The monoisotopic (exact) mass is 294 g/mol. The molecule has 0 spiro atoms. The zero-order valence-corrected chi connectivity index (χ0v) is 12.0. The number of halogens is 2. The molecule has 0 aromatic heterocycles. The second-order valence-corrected chi connectivity index (χ2v) is 4.90. The van der Waals surface area contributed by atoms with E-state index in [1.54, 1.807) is 19.2 Å². The smallest absolute Gasteiger partial charge is 0.141 e. The number of benzene rings is 2. The number of hydrogen-bond acceptors (Lipinski definition) is 3. The quantitative estimate of drug-likeness (QED) is 0.671. The fourth-order valence-electron chi connectivity index (χ4n) is 2.16. The molecule has 20 heavy (non-hydrogen) atoms. The van der Waals surface area contributed by atoms with E-state index in [0.29, 0.717) is 0 Å². The highest BCUT2D eigenvalue weighted by atomic mass is 35.5. The van der Waals surface area contributed by atoms with Gasteiger partial charge in [0.2, 0.25) is 0 Å². The molecule has 0 aliphatic heterocycles. The summed E-state index contributed by atoms with van der Waals surface area (Å²) in [5, 5.41) is 0.0777. The zero-order chi connectivity index (χ0) is 14.7. The van der Waals surface area contributed by atoms with E-state index in [-0.39, 0.29) is 11.1 Å². The predicted molar refractivity (Wildman–Crippen MR) is 78.3 cm³/mol. The molecule has 0 bridgehead atoms. The van der Waals surface area contributed by atoms with E-state index >= 15 is 0 Å². The summed E-state index contributed by atoms with van der Waals surface area (Å²) >= 11 is 5.83. The topological polar surface area (TPSA) is 47.3 Å². The van der Waals surface area contributed by atoms with Crippen LogP contribution in [0.3, 0.4) is 0 Å². The van der Waals surface area contributed by atoms with Crippen molar-refractivity contribution < 1.29 is 9.13 Å². The van der Waals surface area contributed by atoms with Crippen molar-refractivity contribution in [2.24, 2.45) is 5.84 Å². The van der Waals surface area contributed by atoms with Crippen LogP contribution < -0.4 is 16.0 Å². The Balaban J connectivity index is 2.43. The van der Waals surface area contributed by atoms with Gasteiger partial charge in [0.25, 0.3) is 0 Å². The molecule has 3 nitrogen and oxygen atoms in total. The Morgan fingerprint density at radius 2 is 2.00 bits per heavy atom. The minimum absolute atomic E-state index is 0.0777. The van der Waals surface area contributed by atoms with Crippen LogP contribution in [0.15, 0.2) is 36.4 Å². The molecular weight excluding hydrogens is 279 g/mol. The first kappa shape index (κ1) is 14.8. The van der Waals surface area contributed by atoms with E-state index in [2.05, 4.69) is 5.43 Å². The minimum Gasteiger partial charge on any atom is -0.497 e. The van der Waals surface area contributed by atoms with E-state index in [4.69, 9.17) is 22.2 Å². The summed E-state index contributed by atoms with van der Waals surface area (Å²) < 4.78 is 18.4. The van der Waals surface area contributed by atoms with Crippen molar-refractivity contribution in [2.45, 2.75) is 13.0 Å². The van der Waals surface area contributed by atoms with E-state index < -0.39 is 5.82 Å². The molecule has 0 heterocycles. The summed E-state index contributed by atoms with van der Waals surface area (Å²) in [7, 11) is 1.62. The molecule has 0 saturated heterocycles. The van der Waals surface area contributed by atoms with Crippen molar-refractivity contribution in [2.75, 3.05) is 7.11 Å². The molecule has 2 aromatic rings. The van der Waals surface area contributed by atoms with Crippen molar-refractivity contribution in [3.8, 4) is 5.75 Å². The molecular formula is C15H16ClFN2O. The van der Waals surface area contributed by atoms with E-state index in [9.17, 15) is 4.39 Å². The average Bonchev–Trinajstić information content (AvgIpc) is 2.45. The third kappa shape index (κ3) is 2.93. The molecule has 2 rings (SSSR count). The number of methoxy groups -OCH3 is 1. The van der Waals surface area contributed by atoms with E-state index in [1.165, 1.54) is 6.07 Å². The first-order valence-electron chi connectivity index (χ1n) is 6.12. The maximum atomic E-state index is 13.2. The summed E-state index contributed by atoms with van der Waals surface area (Å²) in [6.45, 7) is 1.97. The lowest BCUT2D eigenvalue weighted by Gasteiger charge is -2.20. The molecule has 2 aromatic carbocycles. The van der Waals surface area contributed by atoms with Gasteiger partial charge in [-0.1, -0.05) is 23.7 Å². The lowest BCUT2D eigenvalue weighted by Crippen LogP contribution is -2.29. The first-order valence-corrected chi connectivity index (χ1v) is 6.50. The maximum absolute atomic E-state index is 13.2. The van der Waals surface area contributed by atoms with Crippen LogP contribution in [0.4, 0.5) is 4.39 Å². The Bertz CT molecular complexity index is 619. The SMILES string of the molecule is COc1ccc(C(NN)c2ccc(F)c(Cl)c2)c(C)c1. The minimum atomic E-state index is -0.447. The van der Waals surface area contributed by atoms with Crippen molar-refractivity contribution >= 4 is 11.6 Å². The molecule has 0 aliphatic rings. The number of rotatable bonds is 4. The maximum Gasteiger partial charge on any atom is 0.141 e. The lowest BCUT2D eigenvalue weighted by molar-refractivity contribution is 0.414. The Morgan fingerprint density at radius 1 is 1.25 bits per heavy atom. The van der Waals surface area contributed by atoms with Gasteiger partial charge < -0.3 is 4.74 Å². The van der Waals surface area contributed by atoms with Crippen LogP contribution >= 0.6 is 11.6 Å². The Labute approximate surface area is 122 Å². The highest BCUT2D eigenvalue weighted by Gasteiger charge is 2.16. The highest BCUT2D eigenvalue weighted by molar-refractivity contribution is 6.30. The Hall–Kier alpha value is -1.62. The number of hydrogen-bond donors (Lipinski definition) is 2. The summed E-state index contributed by atoms with van der Waals surface area (Å²) in [4.78, 5) is 0. The summed E-state index contributed by atoms with van der Waals surface area (Å²) in [6, 6.07) is 10.0. The van der Waals surface area contributed by atoms with Crippen LogP contribution in [0.25, 0.3) is 0 Å². The van der Waals surface area contributed by atoms with E-state index in [0.717, 1.165) is 22.4 Å². The van der Waals surface area contributed by atoms with Crippen molar-refractivity contribution in [1.29, 1.82) is 0 Å². The zero-order valence-electron chi connectivity index (χ0n) is 11.3. The highest BCUT2D eigenvalue weighted by Crippen LogP contribution is 2.29. The molecule has 0 amide bonds. The Morgan fingerprint density at radius 3 is 2.55 bits per heavy atom. The molecule has 0 aliphatic carbocycles.